The van der Waals surface area contributed by atoms with Gasteiger partial charge in [0.15, 0.2) is 0 Å². The SMILES string of the molecule is CCCCc1ccc(C(=O)N(CC)[C@@H]2c3ccccc3C[C@@H]2OP(OCCC#N)N(C)C(C)C)cc1. The van der Waals surface area contributed by atoms with Gasteiger partial charge in [0.2, 0.25) is 0 Å². The van der Waals surface area contributed by atoms with Gasteiger partial charge in [0.1, 0.15) is 0 Å². The Bertz CT molecular complexity index is 1020. The van der Waals surface area contributed by atoms with Crippen molar-refractivity contribution in [2.24, 2.45) is 0 Å². The third-order valence-electron chi connectivity index (χ3n) is 6.75. The van der Waals surface area contributed by atoms with Crippen LogP contribution in [0.15, 0.2) is 48.5 Å². The van der Waals surface area contributed by atoms with E-state index in [0.29, 0.717) is 31.6 Å². The van der Waals surface area contributed by atoms with E-state index in [1.54, 1.807) is 0 Å². The van der Waals surface area contributed by atoms with Crippen LogP contribution < -0.4 is 0 Å². The summed E-state index contributed by atoms with van der Waals surface area (Å²) in [6.45, 7) is 9.30. The highest BCUT2D eigenvalue weighted by Crippen LogP contribution is 2.50. The maximum absolute atomic E-state index is 13.8. The minimum Gasteiger partial charge on any atom is -0.329 e. The quantitative estimate of drug-likeness (QED) is 0.223. The molecule has 3 rings (SSSR count). The number of aryl methyl sites for hydroxylation is 1. The summed E-state index contributed by atoms with van der Waals surface area (Å²) < 4.78 is 14.8. The number of benzene rings is 2. The van der Waals surface area contributed by atoms with E-state index in [2.05, 4.69) is 55.8 Å². The summed E-state index contributed by atoms with van der Waals surface area (Å²) in [5.74, 6) is 0.0155. The lowest BCUT2D eigenvalue weighted by molar-refractivity contribution is 0.0449. The van der Waals surface area contributed by atoms with Crippen molar-refractivity contribution in [3.05, 3.63) is 70.8 Å². The molecule has 0 aliphatic heterocycles. The van der Waals surface area contributed by atoms with Crippen molar-refractivity contribution in [2.75, 3.05) is 20.2 Å². The molecule has 0 N–H and O–H groups in total. The van der Waals surface area contributed by atoms with Gasteiger partial charge in [-0.15, -0.1) is 0 Å². The fourth-order valence-electron chi connectivity index (χ4n) is 4.50. The van der Waals surface area contributed by atoms with E-state index < -0.39 is 8.53 Å². The van der Waals surface area contributed by atoms with Crippen molar-refractivity contribution in [1.29, 1.82) is 5.26 Å². The summed E-state index contributed by atoms with van der Waals surface area (Å²) in [5.41, 5.74) is 4.30. The molecule has 1 aliphatic rings. The molecule has 0 heterocycles. The fourth-order valence-corrected chi connectivity index (χ4v) is 5.94. The van der Waals surface area contributed by atoms with Crippen molar-refractivity contribution in [2.45, 2.75) is 78.0 Å². The second kappa shape index (κ2) is 13.9. The first-order valence-electron chi connectivity index (χ1n) is 13.1. The monoisotopic (exact) mass is 509 g/mol. The van der Waals surface area contributed by atoms with E-state index in [-0.39, 0.29) is 24.1 Å². The number of hydrogen-bond donors (Lipinski definition) is 0. The Morgan fingerprint density at radius 2 is 1.89 bits per heavy atom. The van der Waals surface area contributed by atoms with Crippen LogP contribution in [0, 0.1) is 11.3 Å². The third kappa shape index (κ3) is 6.93. The number of carbonyl (C=O) groups excluding carboxylic acids is 1. The maximum atomic E-state index is 13.8. The van der Waals surface area contributed by atoms with Crippen molar-refractivity contribution >= 4 is 14.4 Å². The van der Waals surface area contributed by atoms with Crippen LogP contribution in [0.5, 0.6) is 0 Å². The van der Waals surface area contributed by atoms with Crippen molar-refractivity contribution in [3.8, 4) is 6.07 Å². The van der Waals surface area contributed by atoms with Gasteiger partial charge in [-0.2, -0.15) is 5.26 Å². The van der Waals surface area contributed by atoms with Crippen molar-refractivity contribution in [3.63, 3.8) is 0 Å². The van der Waals surface area contributed by atoms with Gasteiger partial charge in [-0.1, -0.05) is 49.7 Å². The molecule has 1 amide bonds. The van der Waals surface area contributed by atoms with Crippen molar-refractivity contribution in [1.82, 2.24) is 9.57 Å². The first-order valence-corrected chi connectivity index (χ1v) is 14.2. The number of hydrogen-bond acceptors (Lipinski definition) is 5. The molecule has 6 nitrogen and oxygen atoms in total. The lowest BCUT2D eigenvalue weighted by atomic mass is 10.0. The molecule has 1 aliphatic carbocycles. The first-order chi connectivity index (χ1) is 17.4. The minimum absolute atomic E-state index is 0.0155. The summed E-state index contributed by atoms with van der Waals surface area (Å²) in [6, 6.07) is 18.5. The molecule has 194 valence electrons. The highest BCUT2D eigenvalue weighted by molar-refractivity contribution is 7.44. The molecule has 36 heavy (non-hydrogen) atoms. The lowest BCUT2D eigenvalue weighted by Gasteiger charge is -2.36. The molecular formula is C29H40N3O3P. The van der Waals surface area contributed by atoms with Crippen LogP contribution in [0.2, 0.25) is 0 Å². The number of nitriles is 1. The van der Waals surface area contributed by atoms with Crippen LogP contribution in [0.1, 0.15) is 80.0 Å². The smallest absolute Gasteiger partial charge is 0.259 e. The van der Waals surface area contributed by atoms with Gasteiger partial charge in [-0.3, -0.25) is 4.79 Å². The number of likely N-dealkylation sites (N-methyl/N-ethyl adjacent to an activating group) is 1. The molecule has 0 spiro atoms. The molecule has 0 radical (unpaired) electrons. The average molecular weight is 510 g/mol. The third-order valence-corrected chi connectivity index (χ3v) is 8.58. The summed E-state index contributed by atoms with van der Waals surface area (Å²) in [6.07, 6.45) is 4.14. The van der Waals surface area contributed by atoms with E-state index >= 15 is 0 Å². The summed E-state index contributed by atoms with van der Waals surface area (Å²) >= 11 is 0. The van der Waals surface area contributed by atoms with Crippen LogP contribution in [0.3, 0.4) is 0 Å². The van der Waals surface area contributed by atoms with E-state index in [9.17, 15) is 4.79 Å². The standard InChI is InChI=1S/C29H40N3O3P/c1-6-8-12-23-15-17-24(18-16-23)29(33)32(7-2)28-26-14-10-9-13-25(26)21-27(28)35-36(31(5)22(3)4)34-20-11-19-30/h9-10,13-18,22,27-28H,6-8,11-12,20-21H2,1-5H3/t27-,28+,36?/m0/s1. The topological polar surface area (TPSA) is 65.8 Å². The molecule has 2 aromatic rings. The lowest BCUT2D eigenvalue weighted by Crippen LogP contribution is -2.40. The molecule has 1 unspecified atom stereocenters. The zero-order valence-electron chi connectivity index (χ0n) is 22.3. The summed E-state index contributed by atoms with van der Waals surface area (Å²) in [5, 5.41) is 8.98. The molecule has 7 heteroatoms. The number of amides is 1. The maximum Gasteiger partial charge on any atom is 0.259 e. The van der Waals surface area contributed by atoms with Gasteiger partial charge in [0.25, 0.3) is 14.4 Å². The fraction of sp³-hybridized carbons (Fsp3) is 0.517. The zero-order valence-corrected chi connectivity index (χ0v) is 23.2. The Kier molecular flexibility index (Phi) is 10.9. The summed E-state index contributed by atoms with van der Waals surface area (Å²) in [7, 11) is 0.606. The summed E-state index contributed by atoms with van der Waals surface area (Å²) in [4.78, 5) is 15.7. The average Bonchev–Trinajstić information content (AvgIpc) is 3.25. The van der Waals surface area contributed by atoms with Crippen molar-refractivity contribution < 1.29 is 13.8 Å². The highest BCUT2D eigenvalue weighted by Gasteiger charge is 2.41. The first kappa shape index (κ1) is 28.3. The molecule has 3 atom stereocenters. The number of rotatable bonds is 13. The molecule has 0 aromatic heterocycles. The van der Waals surface area contributed by atoms with E-state index in [1.165, 1.54) is 11.1 Å². The zero-order chi connectivity index (χ0) is 26.1. The number of fused-ring (bicyclic) bond motifs is 1. The van der Waals surface area contributed by atoms with Crippen LogP contribution in [0.25, 0.3) is 0 Å². The Balaban J connectivity index is 1.88. The highest BCUT2D eigenvalue weighted by atomic mass is 31.2. The van der Waals surface area contributed by atoms with E-state index in [1.807, 2.05) is 43.1 Å². The van der Waals surface area contributed by atoms with Crippen LogP contribution in [-0.2, 0) is 21.9 Å². The van der Waals surface area contributed by atoms with Gasteiger partial charge in [-0.05, 0) is 69.5 Å². The predicted octanol–water partition coefficient (Wildman–Crippen LogP) is 6.67. The Labute approximate surface area is 218 Å². The largest absolute Gasteiger partial charge is 0.329 e. The van der Waals surface area contributed by atoms with Crippen LogP contribution in [-0.4, -0.2) is 47.8 Å². The molecular weight excluding hydrogens is 469 g/mol. The van der Waals surface area contributed by atoms with Crippen LogP contribution in [0.4, 0.5) is 0 Å². The normalized spacial score (nSPS) is 17.7. The second-order valence-electron chi connectivity index (χ2n) is 9.53. The molecule has 0 bridgehead atoms. The molecule has 0 fully saturated rings. The van der Waals surface area contributed by atoms with Gasteiger partial charge >= 0.3 is 0 Å². The Morgan fingerprint density at radius 3 is 2.53 bits per heavy atom. The second-order valence-corrected chi connectivity index (χ2v) is 11.1. The number of nitrogens with zero attached hydrogens (tertiary/aromatic N) is 3. The molecule has 0 saturated heterocycles. The van der Waals surface area contributed by atoms with E-state index in [0.717, 1.165) is 24.8 Å². The predicted molar refractivity (Wildman–Crippen MR) is 146 cm³/mol. The van der Waals surface area contributed by atoms with Gasteiger partial charge < -0.3 is 13.9 Å². The Hall–Kier alpha value is -2.29. The van der Waals surface area contributed by atoms with Crippen LogP contribution >= 0.6 is 8.53 Å². The van der Waals surface area contributed by atoms with Gasteiger partial charge in [0, 0.05) is 24.6 Å². The van der Waals surface area contributed by atoms with Gasteiger partial charge in [0.05, 0.1) is 31.2 Å². The number of carbonyl (C=O) groups is 1. The van der Waals surface area contributed by atoms with Gasteiger partial charge in [-0.25, -0.2) is 4.67 Å². The minimum atomic E-state index is -1.38. The Morgan fingerprint density at radius 1 is 1.17 bits per heavy atom. The molecule has 0 saturated carbocycles. The molecule has 2 aromatic carbocycles. The van der Waals surface area contributed by atoms with E-state index in [4.69, 9.17) is 14.3 Å². The number of unbranched alkanes of at least 4 members (excludes halogenated alkanes) is 1.